The third-order valence-electron chi connectivity index (χ3n) is 5.04. The first-order valence-electron chi connectivity index (χ1n) is 9.49. The van der Waals surface area contributed by atoms with Gasteiger partial charge in [0.05, 0.1) is 5.92 Å². The second-order valence-corrected chi connectivity index (χ2v) is 7.55. The number of nitrogens with one attached hydrogen (secondary N) is 1. The van der Waals surface area contributed by atoms with Crippen LogP contribution in [0.4, 0.5) is 0 Å². The fraction of sp³-hybridized carbons (Fsp3) is 0.789. The smallest absolute Gasteiger partial charge is 0.224 e. The number of nitrogens with zero attached hydrogens (tertiary/aromatic N) is 3. The van der Waals surface area contributed by atoms with Crippen LogP contribution in [-0.4, -0.2) is 46.3 Å². The monoisotopic (exact) mass is 334 g/mol. The van der Waals surface area contributed by atoms with Crippen LogP contribution in [0.3, 0.4) is 0 Å². The highest BCUT2D eigenvalue weighted by atomic mass is 16.2. The van der Waals surface area contributed by atoms with Gasteiger partial charge in [-0.05, 0) is 51.1 Å². The molecule has 1 aromatic rings. The predicted molar refractivity (Wildman–Crippen MR) is 97.8 cm³/mol. The third kappa shape index (κ3) is 5.62. The third-order valence-corrected chi connectivity index (χ3v) is 5.04. The van der Waals surface area contributed by atoms with Crippen LogP contribution in [0.1, 0.15) is 52.1 Å². The van der Waals surface area contributed by atoms with E-state index in [4.69, 9.17) is 0 Å². The van der Waals surface area contributed by atoms with Crippen molar-refractivity contribution in [2.24, 2.45) is 18.9 Å². The van der Waals surface area contributed by atoms with Crippen LogP contribution in [0.15, 0.2) is 12.3 Å². The van der Waals surface area contributed by atoms with Gasteiger partial charge in [-0.15, -0.1) is 0 Å². The summed E-state index contributed by atoms with van der Waals surface area (Å²) < 4.78 is 1.96. The Hall–Kier alpha value is -1.36. The topological polar surface area (TPSA) is 50.2 Å². The number of aromatic nitrogens is 2. The summed E-state index contributed by atoms with van der Waals surface area (Å²) >= 11 is 0. The van der Waals surface area contributed by atoms with E-state index in [2.05, 4.69) is 42.2 Å². The van der Waals surface area contributed by atoms with Gasteiger partial charge in [-0.1, -0.05) is 20.3 Å². The van der Waals surface area contributed by atoms with Gasteiger partial charge in [0.2, 0.25) is 5.91 Å². The number of amides is 1. The quantitative estimate of drug-likeness (QED) is 0.795. The molecule has 2 rings (SSSR count). The molecule has 0 spiro atoms. The summed E-state index contributed by atoms with van der Waals surface area (Å²) in [6.45, 7) is 9.64. The molecule has 2 heterocycles. The highest BCUT2D eigenvalue weighted by molar-refractivity contribution is 5.79. The van der Waals surface area contributed by atoms with Gasteiger partial charge in [0.1, 0.15) is 0 Å². The Morgan fingerprint density at radius 2 is 2.25 bits per heavy atom. The van der Waals surface area contributed by atoms with E-state index in [1.54, 1.807) is 0 Å². The molecule has 1 saturated heterocycles. The first-order valence-corrected chi connectivity index (χ1v) is 9.49. The van der Waals surface area contributed by atoms with Crippen LogP contribution in [0.5, 0.6) is 0 Å². The standard InChI is InChI=1S/C19H34N4O/c1-5-7-16(3)21-19(24)17-8-6-11-23(14-17)13-15(2)12-18-9-10-20-22(18)4/h9-10,15-17H,5-8,11-14H2,1-4H3,(H,21,24)/t15-,16-,17+/m0/s1. The maximum absolute atomic E-state index is 12.5. The first-order chi connectivity index (χ1) is 11.5. The molecule has 5 nitrogen and oxygen atoms in total. The van der Waals surface area contributed by atoms with Crippen molar-refractivity contribution in [1.82, 2.24) is 20.0 Å². The van der Waals surface area contributed by atoms with Crippen LogP contribution in [0, 0.1) is 11.8 Å². The molecule has 1 N–H and O–H groups in total. The summed E-state index contributed by atoms with van der Waals surface area (Å²) in [5, 5.41) is 7.44. The molecule has 0 unspecified atom stereocenters. The summed E-state index contributed by atoms with van der Waals surface area (Å²) in [5.41, 5.74) is 1.28. The number of likely N-dealkylation sites (tertiary alicyclic amines) is 1. The van der Waals surface area contributed by atoms with Crippen LogP contribution in [-0.2, 0) is 18.3 Å². The van der Waals surface area contributed by atoms with Gasteiger partial charge >= 0.3 is 0 Å². The van der Waals surface area contributed by atoms with Gasteiger partial charge in [-0.25, -0.2) is 0 Å². The highest BCUT2D eigenvalue weighted by Gasteiger charge is 2.27. The first kappa shape index (κ1) is 19.0. The molecule has 1 aromatic heterocycles. The van der Waals surface area contributed by atoms with E-state index in [9.17, 15) is 4.79 Å². The van der Waals surface area contributed by atoms with E-state index >= 15 is 0 Å². The minimum atomic E-state index is 0.155. The molecule has 0 saturated carbocycles. The van der Waals surface area contributed by atoms with E-state index in [1.807, 2.05) is 17.9 Å². The molecule has 0 bridgehead atoms. The minimum Gasteiger partial charge on any atom is -0.353 e. The molecule has 1 amide bonds. The minimum absolute atomic E-state index is 0.155. The fourth-order valence-electron chi connectivity index (χ4n) is 3.77. The maximum Gasteiger partial charge on any atom is 0.224 e. The van der Waals surface area contributed by atoms with E-state index in [0.29, 0.717) is 12.0 Å². The van der Waals surface area contributed by atoms with Gasteiger partial charge < -0.3 is 10.2 Å². The van der Waals surface area contributed by atoms with E-state index in [1.165, 1.54) is 5.69 Å². The average Bonchev–Trinajstić information content (AvgIpc) is 2.92. The Bertz CT molecular complexity index is 513. The van der Waals surface area contributed by atoms with Crippen molar-refractivity contribution < 1.29 is 4.79 Å². The lowest BCUT2D eigenvalue weighted by molar-refractivity contribution is -0.127. The summed E-state index contributed by atoms with van der Waals surface area (Å²) in [6.07, 6.45) is 7.22. The number of piperidine rings is 1. The van der Waals surface area contributed by atoms with Crippen molar-refractivity contribution in [2.45, 2.75) is 58.9 Å². The molecule has 24 heavy (non-hydrogen) atoms. The molecule has 1 fully saturated rings. The zero-order valence-electron chi connectivity index (χ0n) is 15.8. The van der Waals surface area contributed by atoms with Crippen molar-refractivity contribution in [1.29, 1.82) is 0 Å². The zero-order valence-corrected chi connectivity index (χ0v) is 15.8. The molecular weight excluding hydrogens is 300 g/mol. The Morgan fingerprint density at radius 1 is 1.46 bits per heavy atom. The molecule has 1 aliphatic heterocycles. The Morgan fingerprint density at radius 3 is 2.92 bits per heavy atom. The summed E-state index contributed by atoms with van der Waals surface area (Å²) in [5.74, 6) is 0.975. The SMILES string of the molecule is CCC[C@H](C)NC(=O)[C@@H]1CCCN(C[C@@H](C)Cc2ccnn2C)C1. The second kappa shape index (κ2) is 9.21. The van der Waals surface area contributed by atoms with E-state index < -0.39 is 0 Å². The second-order valence-electron chi connectivity index (χ2n) is 7.55. The van der Waals surface area contributed by atoms with Crippen molar-refractivity contribution in [3.05, 3.63) is 18.0 Å². The normalized spacial score (nSPS) is 21.4. The highest BCUT2D eigenvalue weighted by Crippen LogP contribution is 2.19. The predicted octanol–water partition coefficient (Wildman–Crippen LogP) is 2.62. The number of hydrogen-bond donors (Lipinski definition) is 1. The van der Waals surface area contributed by atoms with Crippen molar-refractivity contribution in [3.8, 4) is 0 Å². The fourth-order valence-corrected chi connectivity index (χ4v) is 3.77. The Balaban J connectivity index is 1.79. The van der Waals surface area contributed by atoms with Gasteiger partial charge in [0, 0.05) is 38.1 Å². The number of hydrogen-bond acceptors (Lipinski definition) is 3. The summed E-state index contributed by atoms with van der Waals surface area (Å²) in [6, 6.07) is 2.39. The van der Waals surface area contributed by atoms with Crippen LogP contribution in [0.2, 0.25) is 0 Å². The van der Waals surface area contributed by atoms with E-state index in [-0.39, 0.29) is 11.8 Å². The van der Waals surface area contributed by atoms with Crippen LogP contribution in [0.25, 0.3) is 0 Å². The van der Waals surface area contributed by atoms with Crippen molar-refractivity contribution in [3.63, 3.8) is 0 Å². The van der Waals surface area contributed by atoms with Crippen molar-refractivity contribution >= 4 is 5.91 Å². The number of carbonyl (C=O) groups is 1. The molecule has 5 heteroatoms. The van der Waals surface area contributed by atoms with Gasteiger partial charge in [-0.2, -0.15) is 5.10 Å². The molecule has 136 valence electrons. The maximum atomic E-state index is 12.5. The lowest BCUT2D eigenvalue weighted by atomic mass is 9.95. The summed E-state index contributed by atoms with van der Waals surface area (Å²) in [4.78, 5) is 14.9. The molecule has 1 aliphatic rings. The molecule has 0 radical (unpaired) electrons. The molecule has 0 aliphatic carbocycles. The number of aryl methyl sites for hydroxylation is 1. The van der Waals surface area contributed by atoms with Crippen LogP contribution < -0.4 is 5.32 Å². The van der Waals surface area contributed by atoms with E-state index in [0.717, 1.165) is 51.7 Å². The van der Waals surface area contributed by atoms with Gasteiger partial charge in [0.15, 0.2) is 0 Å². The number of carbonyl (C=O) groups excluding carboxylic acids is 1. The molecular formula is C19H34N4O. The zero-order chi connectivity index (χ0) is 17.5. The van der Waals surface area contributed by atoms with Crippen molar-refractivity contribution in [2.75, 3.05) is 19.6 Å². The molecule has 0 aromatic carbocycles. The van der Waals surface area contributed by atoms with Gasteiger partial charge in [-0.3, -0.25) is 9.48 Å². The summed E-state index contributed by atoms with van der Waals surface area (Å²) in [7, 11) is 2.00. The lowest BCUT2D eigenvalue weighted by Gasteiger charge is -2.34. The number of rotatable bonds is 8. The average molecular weight is 335 g/mol. The van der Waals surface area contributed by atoms with Crippen LogP contribution >= 0.6 is 0 Å². The lowest BCUT2D eigenvalue weighted by Crippen LogP contribution is -2.46. The Labute approximate surface area is 146 Å². The molecule has 3 atom stereocenters. The Kier molecular flexibility index (Phi) is 7.28. The largest absolute Gasteiger partial charge is 0.353 e. The van der Waals surface area contributed by atoms with Gasteiger partial charge in [0.25, 0.3) is 0 Å².